The fourth-order valence-corrected chi connectivity index (χ4v) is 5.96. The van der Waals surface area contributed by atoms with Crippen molar-refractivity contribution in [1.82, 2.24) is 4.98 Å². The highest BCUT2D eigenvalue weighted by atomic mass is 35.5. The van der Waals surface area contributed by atoms with Gasteiger partial charge in [0.15, 0.2) is 11.6 Å². The Morgan fingerprint density at radius 3 is 2.53 bits per heavy atom. The van der Waals surface area contributed by atoms with E-state index in [1.165, 1.54) is 34.0 Å². The van der Waals surface area contributed by atoms with E-state index in [2.05, 4.69) is 9.98 Å². The summed E-state index contributed by atoms with van der Waals surface area (Å²) in [5.74, 6) is -0.0988. The number of benzene rings is 1. The normalized spacial score (nSPS) is 11.7. The van der Waals surface area contributed by atoms with Crippen molar-refractivity contribution >= 4 is 74.5 Å². The molecule has 3 aromatic heterocycles. The van der Waals surface area contributed by atoms with Crippen molar-refractivity contribution in [3.8, 4) is 16.2 Å². The lowest BCUT2D eigenvalue weighted by Crippen LogP contribution is -2.04. The zero-order valence-electron chi connectivity index (χ0n) is 17.9. The molecular weight excluding hydrogens is 531 g/mol. The zero-order chi connectivity index (χ0) is 24.2. The molecule has 0 radical (unpaired) electrons. The molecule has 3 heterocycles. The maximum atomic E-state index is 12.6. The van der Waals surface area contributed by atoms with E-state index in [0.717, 1.165) is 11.3 Å². The van der Waals surface area contributed by atoms with Crippen molar-refractivity contribution in [3.05, 3.63) is 77.7 Å². The number of hydrogen-bond donors (Lipinski definition) is 1. The van der Waals surface area contributed by atoms with E-state index in [4.69, 9.17) is 23.2 Å². The van der Waals surface area contributed by atoms with E-state index < -0.39 is 0 Å². The van der Waals surface area contributed by atoms with Crippen LogP contribution in [-0.2, 0) is 6.42 Å². The topological polar surface area (TPSA) is 79.6 Å². The van der Waals surface area contributed by atoms with Crippen LogP contribution in [0.1, 0.15) is 43.9 Å². The number of aromatic hydroxyl groups is 1. The quantitative estimate of drug-likeness (QED) is 0.174. The van der Waals surface area contributed by atoms with E-state index in [1.54, 1.807) is 48.1 Å². The molecular formula is C24H18Cl2N2O3S3. The highest BCUT2D eigenvalue weighted by Crippen LogP contribution is 2.40. The second-order valence-corrected chi connectivity index (χ2v) is 10.8. The van der Waals surface area contributed by atoms with Gasteiger partial charge in [-0.05, 0) is 43.2 Å². The molecule has 0 bridgehead atoms. The fourth-order valence-electron chi connectivity index (χ4n) is 3.17. The van der Waals surface area contributed by atoms with Crippen LogP contribution in [0.25, 0.3) is 10.4 Å². The molecule has 0 amide bonds. The van der Waals surface area contributed by atoms with Crippen LogP contribution in [0.5, 0.6) is 5.75 Å². The molecule has 174 valence electrons. The van der Waals surface area contributed by atoms with Crippen LogP contribution in [0.3, 0.4) is 0 Å². The number of carbonyl (C=O) groups is 2. The maximum absolute atomic E-state index is 12.6. The Kier molecular flexibility index (Phi) is 7.95. The highest BCUT2D eigenvalue weighted by molar-refractivity contribution is 7.16. The molecule has 34 heavy (non-hydrogen) atoms. The average Bonchev–Trinajstić information content (AvgIpc) is 3.58. The Labute approximate surface area is 218 Å². The van der Waals surface area contributed by atoms with Gasteiger partial charge in [-0.3, -0.25) is 14.6 Å². The monoisotopic (exact) mass is 548 g/mol. The molecule has 1 N–H and O–H groups in total. The van der Waals surface area contributed by atoms with E-state index in [9.17, 15) is 14.7 Å². The molecule has 0 fully saturated rings. The Balaban J connectivity index is 1.41. The van der Waals surface area contributed by atoms with Gasteiger partial charge in [-0.1, -0.05) is 29.3 Å². The lowest BCUT2D eigenvalue weighted by Gasteiger charge is -2.03. The number of hydrogen-bond acceptors (Lipinski definition) is 8. The number of halogens is 2. The minimum atomic E-state index is -0.178. The number of thiazole rings is 1. The van der Waals surface area contributed by atoms with E-state index in [0.29, 0.717) is 48.8 Å². The van der Waals surface area contributed by atoms with Gasteiger partial charge in [0.2, 0.25) is 0 Å². The predicted octanol–water partition coefficient (Wildman–Crippen LogP) is 7.45. The lowest BCUT2D eigenvalue weighted by atomic mass is 10.1. The molecule has 4 aromatic rings. The third-order valence-corrected chi connectivity index (χ3v) is 8.60. The van der Waals surface area contributed by atoms with Gasteiger partial charge in [0.25, 0.3) is 0 Å². The summed E-state index contributed by atoms with van der Waals surface area (Å²) in [4.78, 5) is 35.3. The second kappa shape index (κ2) is 10.9. The number of carbonyl (C=O) groups excluding carboxylic acids is 2. The smallest absolute Gasteiger partial charge is 0.194 e. The standard InChI is InChI=1S/C24H18Cl2N2O3S3/c1-13(16-11-33-24(23(16)31)14-2-4-17(25)18(26)8-14)27-9-20(30)22-7-6-21(34-22)19(29)5-3-15-10-32-12-28-15/h2,4,6-8,10-12,31H,3,5,9H2,1H3. The van der Waals surface area contributed by atoms with Crippen molar-refractivity contribution in [1.29, 1.82) is 0 Å². The molecule has 0 saturated heterocycles. The van der Waals surface area contributed by atoms with Gasteiger partial charge in [-0.15, -0.1) is 34.0 Å². The SMILES string of the molecule is CC(=NCC(=O)c1ccc(C(=O)CCc2cscn2)s1)c1csc(-c2ccc(Cl)c(Cl)c2)c1O. The molecule has 0 aliphatic carbocycles. The van der Waals surface area contributed by atoms with Crippen molar-refractivity contribution < 1.29 is 14.7 Å². The summed E-state index contributed by atoms with van der Waals surface area (Å²) in [7, 11) is 0. The molecule has 1 aromatic carbocycles. The number of aromatic nitrogens is 1. The van der Waals surface area contributed by atoms with Gasteiger partial charge in [0.05, 0.1) is 35.9 Å². The first-order valence-corrected chi connectivity index (χ1v) is 13.5. The van der Waals surface area contributed by atoms with Crippen molar-refractivity contribution in [2.24, 2.45) is 4.99 Å². The second-order valence-electron chi connectivity index (χ2n) is 7.35. The summed E-state index contributed by atoms with van der Waals surface area (Å²) in [5.41, 5.74) is 4.49. The van der Waals surface area contributed by atoms with Crippen molar-refractivity contribution in [3.63, 3.8) is 0 Å². The Hall–Kier alpha value is -2.36. The maximum Gasteiger partial charge on any atom is 0.194 e. The van der Waals surface area contributed by atoms with Crippen LogP contribution in [-0.4, -0.2) is 33.9 Å². The van der Waals surface area contributed by atoms with Gasteiger partial charge >= 0.3 is 0 Å². The van der Waals surface area contributed by atoms with Crippen LogP contribution in [0, 0.1) is 0 Å². The molecule has 0 spiro atoms. The summed E-state index contributed by atoms with van der Waals surface area (Å²) >= 11 is 16.1. The minimum absolute atomic E-state index is 0.00485. The van der Waals surface area contributed by atoms with E-state index >= 15 is 0 Å². The highest BCUT2D eigenvalue weighted by Gasteiger charge is 2.17. The van der Waals surface area contributed by atoms with E-state index in [-0.39, 0.29) is 23.9 Å². The van der Waals surface area contributed by atoms with Crippen LogP contribution in [0.15, 0.2) is 51.6 Å². The molecule has 0 unspecified atom stereocenters. The lowest BCUT2D eigenvalue weighted by molar-refractivity contribution is 0.0984. The molecule has 10 heteroatoms. The summed E-state index contributed by atoms with van der Waals surface area (Å²) in [6, 6.07) is 8.51. The zero-order valence-corrected chi connectivity index (χ0v) is 21.8. The minimum Gasteiger partial charge on any atom is -0.506 e. The number of aliphatic imine (C=N–C) groups is 1. The van der Waals surface area contributed by atoms with Gasteiger partial charge in [0, 0.05) is 28.5 Å². The first-order valence-electron chi connectivity index (χ1n) is 10.1. The molecule has 4 rings (SSSR count). The molecule has 0 atom stereocenters. The molecule has 0 aliphatic heterocycles. The number of aryl methyl sites for hydroxylation is 1. The van der Waals surface area contributed by atoms with Crippen LogP contribution in [0.4, 0.5) is 0 Å². The van der Waals surface area contributed by atoms with Gasteiger partial charge in [-0.25, -0.2) is 4.98 Å². The molecule has 0 saturated carbocycles. The molecule has 0 aliphatic rings. The van der Waals surface area contributed by atoms with Crippen LogP contribution < -0.4 is 0 Å². The predicted molar refractivity (Wildman–Crippen MR) is 142 cm³/mol. The summed E-state index contributed by atoms with van der Waals surface area (Å²) in [6.45, 7) is 1.67. The number of thiophene rings is 2. The van der Waals surface area contributed by atoms with Gasteiger partial charge in [0.1, 0.15) is 12.3 Å². The summed E-state index contributed by atoms with van der Waals surface area (Å²) in [5, 5.41) is 15.3. The average molecular weight is 550 g/mol. The van der Waals surface area contributed by atoms with Gasteiger partial charge in [-0.2, -0.15) is 0 Å². The van der Waals surface area contributed by atoms with E-state index in [1.807, 2.05) is 5.38 Å². The van der Waals surface area contributed by atoms with Crippen LogP contribution >= 0.6 is 57.2 Å². The first-order chi connectivity index (χ1) is 16.3. The summed E-state index contributed by atoms with van der Waals surface area (Å²) in [6.07, 6.45) is 0.940. The third kappa shape index (κ3) is 5.64. The number of Topliss-reactive ketones (excluding diaryl/α,β-unsaturated/α-hetero) is 2. The third-order valence-electron chi connectivity index (χ3n) is 5.04. The number of rotatable bonds is 9. The first kappa shape index (κ1) is 24.8. The Bertz CT molecular complexity index is 1370. The largest absolute Gasteiger partial charge is 0.506 e. The van der Waals surface area contributed by atoms with Gasteiger partial charge < -0.3 is 5.11 Å². The molecule has 5 nitrogen and oxygen atoms in total. The van der Waals surface area contributed by atoms with Crippen molar-refractivity contribution in [2.75, 3.05) is 6.54 Å². The van der Waals surface area contributed by atoms with Crippen molar-refractivity contribution in [2.45, 2.75) is 19.8 Å². The fraction of sp³-hybridized carbons (Fsp3) is 0.167. The number of ketones is 2. The Morgan fingerprint density at radius 1 is 1.06 bits per heavy atom. The summed E-state index contributed by atoms with van der Waals surface area (Å²) < 4.78 is 0. The Morgan fingerprint density at radius 2 is 1.82 bits per heavy atom. The number of nitrogens with zero attached hydrogens (tertiary/aromatic N) is 2. The van der Waals surface area contributed by atoms with Crippen LogP contribution in [0.2, 0.25) is 10.0 Å².